The summed E-state index contributed by atoms with van der Waals surface area (Å²) < 4.78 is 31.6. The molecule has 0 radical (unpaired) electrons. The van der Waals surface area contributed by atoms with Crippen molar-refractivity contribution in [3.63, 3.8) is 0 Å². The normalized spacial score (nSPS) is 11.7. The number of rotatable bonds is 8. The Hall–Kier alpha value is -5.07. The largest absolute Gasteiger partial charge is 0.309 e. The van der Waals surface area contributed by atoms with Gasteiger partial charge >= 0.3 is 0 Å². The smallest absolute Gasteiger partial charge is 0.171 e. The summed E-state index contributed by atoms with van der Waals surface area (Å²) in [7, 11) is -6.86. The molecule has 0 unspecified atom stereocenters. The molecule has 0 spiro atoms. The summed E-state index contributed by atoms with van der Waals surface area (Å²) in [6.07, 6.45) is 3.67. The zero-order chi connectivity index (χ0) is 31.4. The van der Waals surface area contributed by atoms with Crippen molar-refractivity contribution in [3.05, 3.63) is 188 Å². The van der Waals surface area contributed by atoms with Crippen molar-refractivity contribution in [1.29, 1.82) is 0 Å². The minimum Gasteiger partial charge on any atom is -0.309 e. The molecule has 0 aliphatic rings. The fourth-order valence-corrected chi connectivity index (χ4v) is 11.7. The van der Waals surface area contributed by atoms with Crippen molar-refractivity contribution in [2.45, 2.75) is 0 Å². The Kier molecular flexibility index (Phi) is 8.20. The van der Waals surface area contributed by atoms with Crippen molar-refractivity contribution >= 4 is 46.1 Å². The average Bonchev–Trinajstić information content (AvgIpc) is 3.16. The first-order valence-electron chi connectivity index (χ1n) is 15.2. The molecular formula is C41H31NO2P2. The van der Waals surface area contributed by atoms with Crippen LogP contribution in [0.4, 0.5) is 0 Å². The molecule has 1 heterocycles. The highest BCUT2D eigenvalue weighted by atomic mass is 31.2. The summed E-state index contributed by atoms with van der Waals surface area (Å²) in [5.41, 5.74) is 3.63. The van der Waals surface area contributed by atoms with Crippen LogP contribution >= 0.6 is 14.3 Å². The predicted molar refractivity (Wildman–Crippen MR) is 194 cm³/mol. The van der Waals surface area contributed by atoms with Crippen molar-refractivity contribution in [3.8, 4) is 22.3 Å². The Balaban J connectivity index is 1.55. The van der Waals surface area contributed by atoms with Crippen molar-refractivity contribution in [2.24, 2.45) is 0 Å². The maximum absolute atomic E-state index is 16.0. The highest BCUT2D eigenvalue weighted by Crippen LogP contribution is 2.48. The molecule has 46 heavy (non-hydrogen) atoms. The molecule has 1 aromatic heterocycles. The van der Waals surface area contributed by atoms with Crippen LogP contribution in [0.3, 0.4) is 0 Å². The first-order chi connectivity index (χ1) is 22.6. The van der Waals surface area contributed by atoms with E-state index in [0.29, 0.717) is 21.2 Å². The molecule has 7 aromatic rings. The molecule has 0 saturated carbocycles. The number of nitrogens with zero attached hydrogens (tertiary/aromatic N) is 1. The number of benzene rings is 6. The van der Waals surface area contributed by atoms with E-state index in [9.17, 15) is 0 Å². The van der Waals surface area contributed by atoms with Crippen LogP contribution < -0.4 is 31.8 Å². The monoisotopic (exact) mass is 631 g/mol. The second-order valence-corrected chi connectivity index (χ2v) is 16.6. The Bertz CT molecular complexity index is 2100. The minimum atomic E-state index is -3.50. The Morgan fingerprint density at radius 1 is 0.348 bits per heavy atom. The van der Waals surface area contributed by atoms with Crippen LogP contribution in [0.15, 0.2) is 188 Å². The van der Waals surface area contributed by atoms with Crippen LogP contribution in [0.1, 0.15) is 0 Å². The van der Waals surface area contributed by atoms with E-state index >= 15 is 9.13 Å². The van der Waals surface area contributed by atoms with Crippen molar-refractivity contribution in [2.75, 3.05) is 0 Å². The average molecular weight is 632 g/mol. The van der Waals surface area contributed by atoms with Gasteiger partial charge < -0.3 is 9.13 Å². The summed E-state index contributed by atoms with van der Waals surface area (Å²) in [5, 5.41) is 4.12. The molecule has 6 aromatic carbocycles. The lowest BCUT2D eigenvalue weighted by Crippen LogP contribution is -2.31. The lowest BCUT2D eigenvalue weighted by Gasteiger charge is -2.26. The van der Waals surface area contributed by atoms with Gasteiger partial charge in [0.15, 0.2) is 14.3 Å². The summed E-state index contributed by atoms with van der Waals surface area (Å²) in [6.45, 7) is 0. The van der Waals surface area contributed by atoms with E-state index in [0.717, 1.165) is 32.9 Å². The Morgan fingerprint density at radius 2 is 0.761 bits per heavy atom. The summed E-state index contributed by atoms with van der Waals surface area (Å²) in [6, 6.07) is 56.5. The Labute approximate surface area is 270 Å². The molecule has 0 N–H and O–H groups in total. The fraction of sp³-hybridized carbons (Fsp3) is 0. The van der Waals surface area contributed by atoms with E-state index in [1.54, 1.807) is 0 Å². The van der Waals surface area contributed by atoms with Gasteiger partial charge in [-0.2, -0.15) is 0 Å². The van der Waals surface area contributed by atoms with Gasteiger partial charge in [-0.3, -0.25) is 4.98 Å². The first-order valence-corrected chi connectivity index (χ1v) is 18.6. The quantitative estimate of drug-likeness (QED) is 0.162. The standard InChI is InChI=1S/C41H31NO2P2/c43-45(35-18-8-2-9-19-35,36-20-10-3-11-21-36)39-26-27-40(34-28-33(30-42-31-34)32-16-6-1-7-17-32)41(29-39)46(44,37-22-12-4-13-23-37)38-24-14-5-15-25-38/h1-31H. The summed E-state index contributed by atoms with van der Waals surface area (Å²) >= 11 is 0. The van der Waals surface area contributed by atoms with E-state index in [-0.39, 0.29) is 0 Å². The molecule has 0 bridgehead atoms. The predicted octanol–water partition coefficient (Wildman–Crippen LogP) is 7.69. The van der Waals surface area contributed by atoms with Gasteiger partial charge in [0.1, 0.15) is 0 Å². The third-order valence-corrected chi connectivity index (χ3v) is 14.5. The zero-order valence-corrected chi connectivity index (χ0v) is 26.8. The number of hydrogen-bond donors (Lipinski definition) is 0. The lowest BCUT2D eigenvalue weighted by molar-refractivity contribution is 0.592. The van der Waals surface area contributed by atoms with Gasteiger partial charge in [0.25, 0.3) is 0 Å². The van der Waals surface area contributed by atoms with E-state index in [1.165, 1.54) is 0 Å². The molecule has 3 nitrogen and oxygen atoms in total. The van der Waals surface area contributed by atoms with Gasteiger partial charge in [0.2, 0.25) is 0 Å². The third-order valence-electron chi connectivity index (χ3n) is 8.32. The van der Waals surface area contributed by atoms with E-state index < -0.39 is 14.3 Å². The highest BCUT2D eigenvalue weighted by molar-refractivity contribution is 7.86. The first kappa shape index (κ1) is 29.6. The molecule has 0 saturated heterocycles. The van der Waals surface area contributed by atoms with Crippen LogP contribution in [0.5, 0.6) is 0 Å². The molecule has 0 atom stereocenters. The van der Waals surface area contributed by atoms with Crippen molar-refractivity contribution < 1.29 is 9.13 Å². The summed E-state index contributed by atoms with van der Waals surface area (Å²) in [4.78, 5) is 4.63. The molecule has 7 rings (SSSR count). The zero-order valence-electron chi connectivity index (χ0n) is 25.1. The molecular weight excluding hydrogens is 600 g/mol. The molecule has 0 amide bonds. The number of hydrogen-bond acceptors (Lipinski definition) is 3. The number of aromatic nitrogens is 1. The van der Waals surface area contributed by atoms with Gasteiger partial charge in [0.05, 0.1) is 0 Å². The van der Waals surface area contributed by atoms with Crippen LogP contribution in [-0.4, -0.2) is 4.98 Å². The van der Waals surface area contributed by atoms with Gasteiger partial charge in [-0.25, -0.2) is 0 Å². The number of pyridine rings is 1. The lowest BCUT2D eigenvalue weighted by atomic mass is 10.0. The second-order valence-electron chi connectivity index (χ2n) is 11.1. The van der Waals surface area contributed by atoms with Gasteiger partial charge in [0, 0.05) is 55.3 Å². The molecule has 222 valence electrons. The molecule has 0 fully saturated rings. The summed E-state index contributed by atoms with van der Waals surface area (Å²) in [5.74, 6) is 0. The van der Waals surface area contributed by atoms with Crippen LogP contribution in [0.25, 0.3) is 22.3 Å². The topological polar surface area (TPSA) is 47.0 Å². The maximum Gasteiger partial charge on any atom is 0.171 e. The Morgan fingerprint density at radius 3 is 1.24 bits per heavy atom. The van der Waals surface area contributed by atoms with Crippen molar-refractivity contribution in [1.82, 2.24) is 4.98 Å². The SMILES string of the molecule is O=P(c1ccccc1)(c1ccccc1)c1ccc(-c2cncc(-c3ccccc3)c2)c(P(=O)(c2ccccc2)c2ccccc2)c1. The van der Waals surface area contributed by atoms with Gasteiger partial charge in [-0.15, -0.1) is 0 Å². The third kappa shape index (κ3) is 5.39. The van der Waals surface area contributed by atoms with Gasteiger partial charge in [-0.1, -0.05) is 164 Å². The van der Waals surface area contributed by atoms with Gasteiger partial charge in [-0.05, 0) is 23.3 Å². The maximum atomic E-state index is 16.0. The van der Waals surface area contributed by atoms with Crippen LogP contribution in [-0.2, 0) is 9.13 Å². The van der Waals surface area contributed by atoms with Crippen LogP contribution in [0, 0.1) is 0 Å². The van der Waals surface area contributed by atoms with Crippen LogP contribution in [0.2, 0.25) is 0 Å². The van der Waals surface area contributed by atoms with E-state index in [4.69, 9.17) is 0 Å². The molecule has 0 aliphatic heterocycles. The molecule has 5 heteroatoms. The highest BCUT2D eigenvalue weighted by Gasteiger charge is 2.36. The van der Waals surface area contributed by atoms with E-state index in [1.807, 2.05) is 170 Å². The molecule has 0 aliphatic carbocycles. The fourth-order valence-electron chi connectivity index (χ4n) is 6.02. The second kappa shape index (κ2) is 12.7. The minimum absolute atomic E-state index is 0.626. The van der Waals surface area contributed by atoms with E-state index in [2.05, 4.69) is 23.2 Å².